The third-order valence-electron chi connectivity index (χ3n) is 6.41. The second kappa shape index (κ2) is 8.56. The second-order valence-electron chi connectivity index (χ2n) is 8.80. The van der Waals surface area contributed by atoms with E-state index in [1.54, 1.807) is 35.2 Å². The van der Waals surface area contributed by atoms with E-state index < -0.39 is 11.5 Å². The fraction of sp³-hybridized carbons (Fsp3) is 0.259. The van der Waals surface area contributed by atoms with Crippen molar-refractivity contribution in [2.45, 2.75) is 32.4 Å². The van der Waals surface area contributed by atoms with Gasteiger partial charge in [-0.25, -0.2) is 0 Å². The van der Waals surface area contributed by atoms with E-state index in [0.29, 0.717) is 48.1 Å². The molecule has 7 heteroatoms. The van der Waals surface area contributed by atoms with Crippen molar-refractivity contribution >= 4 is 33.3 Å². The van der Waals surface area contributed by atoms with Crippen LogP contribution in [0, 0.1) is 13.8 Å². The standard InChI is InChI=1S/C27H24BrNO5/c1-16-3-4-17(2)19(11-16)15-29-22-7-6-20(28)13-21(22)27(32,26(29)31)14-23(30)18-5-8-24-25(12-18)34-10-9-33-24/h3-8,11-13,32H,9-10,14-15H2,1-2H3. The van der Waals surface area contributed by atoms with Crippen molar-refractivity contribution in [2.75, 3.05) is 18.1 Å². The Kier molecular flexibility index (Phi) is 5.70. The number of rotatable bonds is 5. The second-order valence-corrected chi connectivity index (χ2v) is 9.72. The third kappa shape index (κ3) is 3.89. The summed E-state index contributed by atoms with van der Waals surface area (Å²) < 4.78 is 11.8. The number of benzene rings is 3. The lowest BCUT2D eigenvalue weighted by molar-refractivity contribution is -0.136. The topological polar surface area (TPSA) is 76.1 Å². The summed E-state index contributed by atoms with van der Waals surface area (Å²) >= 11 is 3.44. The number of fused-ring (bicyclic) bond motifs is 2. The molecule has 0 aliphatic carbocycles. The van der Waals surface area contributed by atoms with Gasteiger partial charge in [-0.3, -0.25) is 9.59 Å². The maximum Gasteiger partial charge on any atom is 0.264 e. The van der Waals surface area contributed by atoms with Gasteiger partial charge >= 0.3 is 0 Å². The Balaban J connectivity index is 1.49. The molecule has 2 aliphatic heterocycles. The zero-order valence-electron chi connectivity index (χ0n) is 18.9. The number of ether oxygens (including phenoxy) is 2. The van der Waals surface area contributed by atoms with Gasteiger partial charge in [0.05, 0.1) is 18.7 Å². The molecular weight excluding hydrogens is 498 g/mol. The minimum Gasteiger partial charge on any atom is -0.486 e. The molecule has 0 saturated heterocycles. The van der Waals surface area contributed by atoms with Gasteiger partial charge < -0.3 is 19.5 Å². The number of halogens is 1. The van der Waals surface area contributed by atoms with Gasteiger partial charge in [0, 0.05) is 15.6 Å². The Bertz CT molecular complexity index is 1320. The summed E-state index contributed by atoms with van der Waals surface area (Å²) in [6.45, 7) is 5.16. The van der Waals surface area contributed by atoms with Crippen molar-refractivity contribution in [1.29, 1.82) is 0 Å². The Labute approximate surface area is 206 Å². The van der Waals surface area contributed by atoms with Gasteiger partial charge in [0.1, 0.15) is 13.2 Å². The number of anilines is 1. The molecule has 0 fully saturated rings. The molecule has 1 amide bonds. The summed E-state index contributed by atoms with van der Waals surface area (Å²) in [6, 6.07) is 16.4. The van der Waals surface area contributed by atoms with E-state index in [0.717, 1.165) is 21.2 Å². The molecule has 0 aromatic heterocycles. The Morgan fingerprint density at radius 2 is 1.79 bits per heavy atom. The maximum absolute atomic E-state index is 13.7. The van der Waals surface area contributed by atoms with Crippen LogP contribution in [0.25, 0.3) is 0 Å². The Morgan fingerprint density at radius 3 is 2.59 bits per heavy atom. The van der Waals surface area contributed by atoms with Gasteiger partial charge in [-0.2, -0.15) is 0 Å². The third-order valence-corrected chi connectivity index (χ3v) is 6.90. The Morgan fingerprint density at radius 1 is 1.03 bits per heavy atom. The smallest absolute Gasteiger partial charge is 0.264 e. The number of aliphatic hydroxyl groups is 1. The van der Waals surface area contributed by atoms with Crippen molar-refractivity contribution in [3.05, 3.63) is 86.9 Å². The normalized spacial score (nSPS) is 18.7. The number of carbonyl (C=O) groups is 2. The van der Waals surface area contributed by atoms with Crippen molar-refractivity contribution in [1.82, 2.24) is 0 Å². The number of Topliss-reactive ketones (excluding diaryl/α,β-unsaturated/α-hetero) is 1. The maximum atomic E-state index is 13.7. The molecule has 6 nitrogen and oxygen atoms in total. The van der Waals surface area contributed by atoms with Gasteiger partial charge in [-0.1, -0.05) is 39.7 Å². The first-order chi connectivity index (χ1) is 16.3. The molecule has 0 saturated carbocycles. The summed E-state index contributed by atoms with van der Waals surface area (Å²) in [4.78, 5) is 28.5. The monoisotopic (exact) mass is 521 g/mol. The molecule has 1 atom stereocenters. The van der Waals surface area contributed by atoms with Crippen molar-refractivity contribution in [3.8, 4) is 11.5 Å². The van der Waals surface area contributed by atoms with E-state index in [2.05, 4.69) is 15.9 Å². The number of hydrogen-bond acceptors (Lipinski definition) is 5. The summed E-state index contributed by atoms with van der Waals surface area (Å²) in [5, 5.41) is 11.7. The van der Waals surface area contributed by atoms with Crippen LogP contribution in [-0.4, -0.2) is 30.0 Å². The lowest BCUT2D eigenvalue weighted by Crippen LogP contribution is -2.41. The molecule has 0 spiro atoms. The molecule has 3 aromatic carbocycles. The molecular formula is C27H24BrNO5. The molecule has 1 unspecified atom stereocenters. The molecule has 1 N–H and O–H groups in total. The van der Waals surface area contributed by atoms with Crippen LogP contribution >= 0.6 is 15.9 Å². The highest BCUT2D eigenvalue weighted by Crippen LogP contribution is 2.45. The lowest BCUT2D eigenvalue weighted by Gasteiger charge is -2.24. The first-order valence-electron chi connectivity index (χ1n) is 11.1. The zero-order valence-corrected chi connectivity index (χ0v) is 20.5. The Hall–Kier alpha value is -3.16. The molecule has 0 bridgehead atoms. The van der Waals surface area contributed by atoms with Crippen LogP contribution < -0.4 is 14.4 Å². The summed E-state index contributed by atoms with van der Waals surface area (Å²) in [5.41, 5.74) is 2.54. The van der Waals surface area contributed by atoms with Crippen LogP contribution in [0.15, 0.2) is 59.1 Å². The average Bonchev–Trinajstić information content (AvgIpc) is 3.02. The molecule has 5 rings (SSSR count). The highest BCUT2D eigenvalue weighted by atomic mass is 79.9. The lowest BCUT2D eigenvalue weighted by atomic mass is 9.88. The van der Waals surface area contributed by atoms with Crippen LogP contribution in [0.5, 0.6) is 11.5 Å². The van der Waals surface area contributed by atoms with Crippen molar-refractivity contribution in [3.63, 3.8) is 0 Å². The molecule has 34 heavy (non-hydrogen) atoms. The van der Waals surface area contributed by atoms with E-state index in [1.807, 2.05) is 38.1 Å². The summed E-state index contributed by atoms with van der Waals surface area (Å²) in [7, 11) is 0. The van der Waals surface area contributed by atoms with Crippen molar-refractivity contribution < 1.29 is 24.2 Å². The van der Waals surface area contributed by atoms with Crippen LogP contribution in [0.3, 0.4) is 0 Å². The summed E-state index contributed by atoms with van der Waals surface area (Å²) in [5.74, 6) is 0.202. The molecule has 0 radical (unpaired) electrons. The van der Waals surface area contributed by atoms with Crippen LogP contribution in [0.4, 0.5) is 5.69 Å². The van der Waals surface area contributed by atoms with Gasteiger partial charge in [0.15, 0.2) is 22.9 Å². The average molecular weight is 522 g/mol. The van der Waals surface area contributed by atoms with Gasteiger partial charge in [0.25, 0.3) is 5.91 Å². The minimum atomic E-state index is -1.97. The van der Waals surface area contributed by atoms with E-state index in [1.165, 1.54) is 0 Å². The predicted octanol–water partition coefficient (Wildman–Crippen LogP) is 4.84. The first kappa shape index (κ1) is 22.6. The fourth-order valence-corrected chi connectivity index (χ4v) is 4.90. The van der Waals surface area contributed by atoms with Crippen molar-refractivity contribution in [2.24, 2.45) is 0 Å². The number of carbonyl (C=O) groups excluding carboxylic acids is 2. The predicted molar refractivity (Wildman–Crippen MR) is 132 cm³/mol. The SMILES string of the molecule is Cc1ccc(C)c(CN2C(=O)C(O)(CC(=O)c3ccc4c(c3)OCCO4)c3cc(Br)ccc32)c1. The zero-order chi connectivity index (χ0) is 24.0. The van der Waals surface area contributed by atoms with Gasteiger partial charge in [-0.05, 0) is 61.4 Å². The summed E-state index contributed by atoms with van der Waals surface area (Å²) in [6.07, 6.45) is -0.377. The quantitative estimate of drug-likeness (QED) is 0.486. The number of hydrogen-bond donors (Lipinski definition) is 1. The van der Waals surface area contributed by atoms with Gasteiger partial charge in [0.2, 0.25) is 0 Å². The number of amides is 1. The van der Waals surface area contributed by atoms with E-state index in [9.17, 15) is 14.7 Å². The highest BCUT2D eigenvalue weighted by molar-refractivity contribution is 9.10. The largest absolute Gasteiger partial charge is 0.486 e. The van der Waals surface area contributed by atoms with E-state index in [-0.39, 0.29) is 12.2 Å². The van der Waals surface area contributed by atoms with Gasteiger partial charge in [-0.15, -0.1) is 0 Å². The molecule has 2 aliphatic rings. The van der Waals surface area contributed by atoms with Crippen LogP contribution in [0.1, 0.15) is 39.0 Å². The molecule has 3 aromatic rings. The minimum absolute atomic E-state index is 0.307. The highest BCUT2D eigenvalue weighted by Gasteiger charge is 2.51. The van der Waals surface area contributed by atoms with Crippen LogP contribution in [-0.2, 0) is 16.9 Å². The number of nitrogens with zero attached hydrogens (tertiary/aromatic N) is 1. The molecule has 2 heterocycles. The fourth-order valence-electron chi connectivity index (χ4n) is 4.54. The van der Waals surface area contributed by atoms with Crippen LogP contribution in [0.2, 0.25) is 0 Å². The van der Waals surface area contributed by atoms with E-state index >= 15 is 0 Å². The number of ketones is 1. The number of aryl methyl sites for hydroxylation is 2. The van der Waals surface area contributed by atoms with E-state index in [4.69, 9.17) is 9.47 Å². The first-order valence-corrected chi connectivity index (χ1v) is 11.9. The molecule has 174 valence electrons.